The summed E-state index contributed by atoms with van der Waals surface area (Å²) in [6.45, 7) is 0. The van der Waals surface area contributed by atoms with Gasteiger partial charge in [-0.05, 0) is 0 Å². The number of alkyl halides is 3. The summed E-state index contributed by atoms with van der Waals surface area (Å²) in [5.74, 6) is 0. The van der Waals surface area contributed by atoms with Gasteiger partial charge in [-0.25, -0.2) is 9.97 Å². The van der Waals surface area contributed by atoms with E-state index in [0.717, 1.165) is 6.20 Å². The van der Waals surface area contributed by atoms with Crippen molar-refractivity contribution in [2.45, 2.75) is 6.18 Å². The first-order valence-corrected chi connectivity index (χ1v) is 5.68. The first-order chi connectivity index (χ1) is 6.97. The number of hydrogen-bond donors (Lipinski definition) is 0. The zero-order chi connectivity index (χ0) is 11.1. The highest BCUT2D eigenvalue weighted by Gasteiger charge is 2.34. The predicted octanol–water partition coefficient (Wildman–Crippen LogP) is 3.94. The third-order valence-electron chi connectivity index (χ3n) is 1.44. The van der Waals surface area contributed by atoms with Crippen LogP contribution in [0.25, 0.3) is 9.88 Å². The zero-order valence-electron chi connectivity index (χ0n) is 6.88. The summed E-state index contributed by atoms with van der Waals surface area (Å²) in [5.41, 5.74) is 0. The van der Waals surface area contributed by atoms with E-state index < -0.39 is 11.2 Å². The van der Waals surface area contributed by atoms with Crippen LogP contribution in [0.5, 0.6) is 0 Å². The fourth-order valence-electron chi connectivity index (χ4n) is 0.871. The lowest BCUT2D eigenvalue weighted by Crippen LogP contribution is -2.02. The Balaban J connectivity index is 2.36. The highest BCUT2D eigenvalue weighted by molar-refractivity contribution is 7.21. The maximum Gasteiger partial charge on any atom is 0.443 e. The van der Waals surface area contributed by atoms with Crippen molar-refractivity contribution in [1.82, 2.24) is 9.97 Å². The van der Waals surface area contributed by atoms with Gasteiger partial charge in [0.1, 0.15) is 10.2 Å². The van der Waals surface area contributed by atoms with E-state index in [4.69, 9.17) is 11.6 Å². The van der Waals surface area contributed by atoms with Crippen molar-refractivity contribution >= 4 is 34.3 Å². The molecule has 2 aromatic rings. The number of nitrogens with zero attached hydrogens (tertiary/aromatic N) is 2. The van der Waals surface area contributed by atoms with Gasteiger partial charge in [-0.2, -0.15) is 13.2 Å². The van der Waals surface area contributed by atoms with Crippen molar-refractivity contribution in [3.63, 3.8) is 0 Å². The molecule has 0 radical (unpaired) electrons. The lowest BCUT2D eigenvalue weighted by Gasteiger charge is -1.98. The number of halogens is 4. The Hall–Kier alpha value is -0.660. The first-order valence-electron chi connectivity index (χ1n) is 3.61. The molecule has 2 aromatic heterocycles. The number of hydrogen-bond acceptors (Lipinski definition) is 4. The lowest BCUT2D eigenvalue weighted by molar-refractivity contribution is -0.137. The normalized spacial score (nSPS) is 12.0. The molecule has 0 amide bonds. The smallest absolute Gasteiger partial charge is 0.240 e. The molecule has 0 saturated heterocycles. The summed E-state index contributed by atoms with van der Waals surface area (Å²) >= 11 is 7.31. The molecule has 0 N–H and O–H groups in total. The molecule has 80 valence electrons. The van der Waals surface area contributed by atoms with Crippen molar-refractivity contribution in [2.75, 3.05) is 0 Å². The average Bonchev–Trinajstić information content (AvgIpc) is 2.69. The van der Waals surface area contributed by atoms with E-state index in [2.05, 4.69) is 9.97 Å². The van der Waals surface area contributed by atoms with Gasteiger partial charge in [0.15, 0.2) is 5.01 Å². The Morgan fingerprint density at radius 3 is 2.53 bits per heavy atom. The summed E-state index contributed by atoms with van der Waals surface area (Å²) < 4.78 is 36.7. The van der Waals surface area contributed by atoms with Gasteiger partial charge < -0.3 is 0 Å². The molecule has 0 saturated carbocycles. The number of thiazole rings is 2. The molecular formula is C7H2ClF3N2S2. The van der Waals surface area contributed by atoms with Crippen LogP contribution in [0.4, 0.5) is 13.2 Å². The van der Waals surface area contributed by atoms with Crippen LogP contribution in [-0.2, 0) is 6.18 Å². The average molecular weight is 271 g/mol. The maximum atomic E-state index is 12.2. The monoisotopic (exact) mass is 270 g/mol. The number of rotatable bonds is 1. The van der Waals surface area contributed by atoms with Gasteiger partial charge in [0, 0.05) is 11.6 Å². The van der Waals surface area contributed by atoms with E-state index in [-0.39, 0.29) is 5.15 Å². The predicted molar refractivity (Wildman–Crippen MR) is 53.2 cm³/mol. The molecule has 2 rings (SSSR count). The van der Waals surface area contributed by atoms with Crippen molar-refractivity contribution in [2.24, 2.45) is 0 Å². The minimum Gasteiger partial charge on any atom is -0.240 e. The molecule has 0 aliphatic rings. The van der Waals surface area contributed by atoms with E-state index in [1.807, 2.05) is 0 Å². The molecule has 0 aliphatic heterocycles. The van der Waals surface area contributed by atoms with Gasteiger partial charge in [0.2, 0.25) is 0 Å². The molecule has 8 heteroatoms. The van der Waals surface area contributed by atoms with Crippen LogP contribution >= 0.6 is 34.3 Å². The third-order valence-corrected chi connectivity index (χ3v) is 3.81. The minimum atomic E-state index is -4.40. The van der Waals surface area contributed by atoms with Crippen LogP contribution in [0.3, 0.4) is 0 Å². The molecule has 0 spiro atoms. The summed E-state index contributed by atoms with van der Waals surface area (Å²) in [6.07, 6.45) is -3.24. The van der Waals surface area contributed by atoms with Gasteiger partial charge in [0.25, 0.3) is 0 Å². The molecular weight excluding hydrogens is 269 g/mol. The van der Waals surface area contributed by atoms with E-state index in [0.29, 0.717) is 21.2 Å². The molecule has 0 unspecified atom stereocenters. The molecule has 0 aromatic carbocycles. The van der Waals surface area contributed by atoms with Crippen LogP contribution in [-0.4, -0.2) is 9.97 Å². The Bertz CT molecular complexity index is 477. The van der Waals surface area contributed by atoms with Crippen molar-refractivity contribution < 1.29 is 13.2 Å². The summed E-state index contributed by atoms with van der Waals surface area (Å²) in [6, 6.07) is 0. The third kappa shape index (κ3) is 2.30. The summed E-state index contributed by atoms with van der Waals surface area (Å²) in [4.78, 5) is 7.53. The highest BCUT2D eigenvalue weighted by Crippen LogP contribution is 2.37. The quantitative estimate of drug-likeness (QED) is 0.784. The highest BCUT2D eigenvalue weighted by atomic mass is 35.5. The Kier molecular flexibility index (Phi) is 2.70. The van der Waals surface area contributed by atoms with Gasteiger partial charge in [0.05, 0.1) is 4.88 Å². The molecule has 15 heavy (non-hydrogen) atoms. The van der Waals surface area contributed by atoms with Crippen molar-refractivity contribution in [1.29, 1.82) is 0 Å². The second-order valence-corrected chi connectivity index (χ2v) is 4.78. The van der Waals surface area contributed by atoms with E-state index in [9.17, 15) is 13.2 Å². The lowest BCUT2D eigenvalue weighted by atomic mass is 10.6. The second-order valence-electron chi connectivity index (χ2n) is 2.50. The minimum absolute atomic E-state index is 0.275. The van der Waals surface area contributed by atoms with Gasteiger partial charge in [-0.1, -0.05) is 11.6 Å². The molecule has 0 fully saturated rings. The zero-order valence-corrected chi connectivity index (χ0v) is 9.27. The molecule has 0 atom stereocenters. The SMILES string of the molecule is FC(F)(F)c1ncc(-c2nc(Cl)cs2)s1. The Morgan fingerprint density at radius 2 is 2.07 bits per heavy atom. The van der Waals surface area contributed by atoms with Gasteiger partial charge in [-0.3, -0.25) is 0 Å². The topological polar surface area (TPSA) is 25.8 Å². The number of aromatic nitrogens is 2. The summed E-state index contributed by atoms with van der Waals surface area (Å²) in [7, 11) is 0. The van der Waals surface area contributed by atoms with Gasteiger partial charge >= 0.3 is 6.18 Å². The molecule has 0 aliphatic carbocycles. The van der Waals surface area contributed by atoms with Crippen molar-refractivity contribution in [3.8, 4) is 9.88 Å². The van der Waals surface area contributed by atoms with E-state index in [1.165, 1.54) is 11.3 Å². The molecule has 2 heterocycles. The first kappa shape index (κ1) is 10.8. The van der Waals surface area contributed by atoms with E-state index >= 15 is 0 Å². The largest absolute Gasteiger partial charge is 0.443 e. The fourth-order valence-corrected chi connectivity index (χ4v) is 2.66. The molecule has 2 nitrogen and oxygen atoms in total. The van der Waals surface area contributed by atoms with Crippen LogP contribution < -0.4 is 0 Å². The second kappa shape index (κ2) is 3.73. The molecule has 0 bridgehead atoms. The fraction of sp³-hybridized carbons (Fsp3) is 0.143. The maximum absolute atomic E-state index is 12.2. The standard InChI is InChI=1S/C7H2ClF3N2S2/c8-4-2-14-5(13-4)3-1-12-6(15-3)7(9,10)11/h1-2H. The van der Waals surface area contributed by atoms with Crippen LogP contribution in [0.1, 0.15) is 5.01 Å². The Morgan fingerprint density at radius 1 is 1.33 bits per heavy atom. The van der Waals surface area contributed by atoms with Crippen LogP contribution in [0.2, 0.25) is 5.15 Å². The van der Waals surface area contributed by atoms with E-state index in [1.54, 1.807) is 5.38 Å². The van der Waals surface area contributed by atoms with Crippen molar-refractivity contribution in [3.05, 3.63) is 21.7 Å². The van der Waals surface area contributed by atoms with Gasteiger partial charge in [-0.15, -0.1) is 22.7 Å². The summed E-state index contributed by atoms with van der Waals surface area (Å²) in [5, 5.41) is 1.41. The Labute approximate surface area is 95.4 Å². The van der Waals surface area contributed by atoms with Crippen LogP contribution in [0, 0.1) is 0 Å². The van der Waals surface area contributed by atoms with Crippen LogP contribution in [0.15, 0.2) is 11.6 Å².